The lowest BCUT2D eigenvalue weighted by molar-refractivity contribution is -0.384. The van der Waals surface area contributed by atoms with Crippen molar-refractivity contribution in [2.45, 2.75) is 26.4 Å². The fraction of sp³-hybridized carbons (Fsp3) is 0.250. The molecule has 0 fully saturated rings. The van der Waals surface area contributed by atoms with Crippen molar-refractivity contribution in [2.24, 2.45) is 0 Å². The lowest BCUT2D eigenvalue weighted by atomic mass is 10.1. The second kappa shape index (κ2) is 10.6. The molecule has 0 bridgehead atoms. The summed E-state index contributed by atoms with van der Waals surface area (Å²) in [5, 5.41) is 18.6. The van der Waals surface area contributed by atoms with Gasteiger partial charge in [-0.3, -0.25) is 20.2 Å². The first kappa shape index (κ1) is 22.3. The summed E-state index contributed by atoms with van der Waals surface area (Å²) in [6.45, 7) is 3.09. The number of nitro benzene ring substituents is 1. The molecule has 0 saturated carbocycles. The van der Waals surface area contributed by atoms with Gasteiger partial charge >= 0.3 is 12.0 Å². The Hall–Kier alpha value is -3.95. The van der Waals surface area contributed by atoms with Gasteiger partial charge in [0.1, 0.15) is 0 Å². The third-order valence-electron chi connectivity index (χ3n) is 3.77. The van der Waals surface area contributed by atoms with E-state index in [-0.39, 0.29) is 17.3 Å². The van der Waals surface area contributed by atoms with Gasteiger partial charge in [0, 0.05) is 30.4 Å². The summed E-state index contributed by atoms with van der Waals surface area (Å²) in [5.41, 5.74) is 0.852. The zero-order chi connectivity index (χ0) is 22.1. The van der Waals surface area contributed by atoms with Crippen molar-refractivity contribution in [2.75, 3.05) is 11.9 Å². The van der Waals surface area contributed by atoms with Crippen molar-refractivity contribution in [3.63, 3.8) is 0 Å². The summed E-state index contributed by atoms with van der Waals surface area (Å²) in [6.07, 6.45) is 0. The topological polar surface area (TPSA) is 140 Å². The molecule has 0 aliphatic heterocycles. The van der Waals surface area contributed by atoms with Gasteiger partial charge in [0.15, 0.2) is 6.61 Å². The van der Waals surface area contributed by atoms with Gasteiger partial charge in [0.25, 0.3) is 11.6 Å². The van der Waals surface area contributed by atoms with Gasteiger partial charge in [-0.2, -0.15) is 0 Å². The van der Waals surface area contributed by atoms with E-state index in [1.54, 1.807) is 13.8 Å². The van der Waals surface area contributed by atoms with Crippen LogP contribution in [0.1, 0.15) is 29.8 Å². The first-order valence-electron chi connectivity index (χ1n) is 9.10. The second-order valence-electron chi connectivity index (χ2n) is 6.58. The average molecular weight is 414 g/mol. The molecule has 0 radical (unpaired) electrons. The number of urea groups is 1. The number of nitro groups is 1. The van der Waals surface area contributed by atoms with Gasteiger partial charge < -0.3 is 15.4 Å². The van der Waals surface area contributed by atoms with Gasteiger partial charge in [-0.05, 0) is 25.5 Å². The van der Waals surface area contributed by atoms with Crippen molar-refractivity contribution >= 4 is 29.3 Å². The molecule has 0 aliphatic carbocycles. The van der Waals surface area contributed by atoms with Crippen LogP contribution in [-0.2, 0) is 16.1 Å². The minimum Gasteiger partial charge on any atom is -0.452 e. The maximum atomic E-state index is 12.5. The molecule has 0 saturated heterocycles. The molecule has 0 aromatic heterocycles. The molecule has 0 unspecified atom stereocenters. The van der Waals surface area contributed by atoms with E-state index in [1.807, 2.05) is 35.6 Å². The monoisotopic (exact) mass is 414 g/mol. The Labute approximate surface area is 172 Å². The number of imide groups is 1. The highest BCUT2D eigenvalue weighted by molar-refractivity contribution is 5.99. The van der Waals surface area contributed by atoms with E-state index >= 15 is 0 Å². The van der Waals surface area contributed by atoms with Crippen LogP contribution in [0.25, 0.3) is 0 Å². The van der Waals surface area contributed by atoms with Crippen LogP contribution in [0.2, 0.25) is 0 Å². The van der Waals surface area contributed by atoms with Gasteiger partial charge in [-0.15, -0.1) is 0 Å². The number of ether oxygens (including phenoxy) is 1. The summed E-state index contributed by atoms with van der Waals surface area (Å²) in [7, 11) is 0. The maximum Gasteiger partial charge on any atom is 0.341 e. The molecular weight excluding hydrogens is 392 g/mol. The summed E-state index contributed by atoms with van der Waals surface area (Å²) in [5.74, 6) is -1.76. The van der Waals surface area contributed by atoms with E-state index in [0.717, 1.165) is 11.6 Å². The number of rotatable bonds is 8. The number of benzene rings is 2. The van der Waals surface area contributed by atoms with Gasteiger partial charge in [0.05, 0.1) is 10.5 Å². The Balaban J connectivity index is 2.07. The third kappa shape index (κ3) is 6.89. The fourth-order valence-corrected chi connectivity index (χ4v) is 2.43. The summed E-state index contributed by atoms with van der Waals surface area (Å²) in [6, 6.07) is 12.2. The largest absolute Gasteiger partial charge is 0.452 e. The molecule has 3 amide bonds. The molecular formula is C20H22N4O6. The van der Waals surface area contributed by atoms with Crippen molar-refractivity contribution in [1.82, 2.24) is 10.6 Å². The number of esters is 1. The predicted molar refractivity (Wildman–Crippen MR) is 109 cm³/mol. The van der Waals surface area contributed by atoms with Gasteiger partial charge in [0.2, 0.25) is 0 Å². The fourth-order valence-electron chi connectivity index (χ4n) is 2.43. The Morgan fingerprint density at radius 2 is 1.80 bits per heavy atom. The lowest BCUT2D eigenvalue weighted by Gasteiger charge is -2.12. The number of hydrogen-bond donors (Lipinski definition) is 3. The maximum absolute atomic E-state index is 12.5. The van der Waals surface area contributed by atoms with Crippen LogP contribution in [0.15, 0.2) is 48.5 Å². The van der Waals surface area contributed by atoms with E-state index in [2.05, 4.69) is 10.6 Å². The molecule has 2 rings (SSSR count). The quantitative estimate of drug-likeness (QED) is 0.343. The molecule has 0 atom stereocenters. The molecule has 10 heteroatoms. The first-order valence-corrected chi connectivity index (χ1v) is 9.10. The number of nitrogens with one attached hydrogen (secondary N) is 3. The SMILES string of the molecule is CC(C)NC(=O)NC(=O)COC(=O)c1cc([N+](=O)[O-])ccc1NCc1ccccc1. The number of anilines is 1. The van der Waals surface area contributed by atoms with Crippen molar-refractivity contribution < 1.29 is 24.0 Å². The molecule has 3 N–H and O–H groups in total. The molecule has 10 nitrogen and oxygen atoms in total. The minimum atomic E-state index is -0.936. The average Bonchev–Trinajstić information content (AvgIpc) is 2.70. The van der Waals surface area contributed by atoms with Crippen molar-refractivity contribution in [3.8, 4) is 0 Å². The molecule has 2 aromatic rings. The van der Waals surface area contributed by atoms with Gasteiger partial charge in [-0.1, -0.05) is 30.3 Å². The molecule has 2 aromatic carbocycles. The number of carbonyl (C=O) groups excluding carboxylic acids is 3. The minimum absolute atomic E-state index is 0.0976. The number of nitrogens with zero attached hydrogens (tertiary/aromatic N) is 1. The Morgan fingerprint density at radius 3 is 2.43 bits per heavy atom. The molecule has 0 heterocycles. The van der Waals surface area contributed by atoms with Crippen molar-refractivity contribution in [3.05, 3.63) is 69.8 Å². The van der Waals surface area contributed by atoms with Crippen LogP contribution in [0.4, 0.5) is 16.2 Å². The number of non-ortho nitro benzene ring substituents is 1. The normalized spacial score (nSPS) is 10.2. The van der Waals surface area contributed by atoms with E-state index in [1.165, 1.54) is 12.1 Å². The summed E-state index contributed by atoms with van der Waals surface area (Å²) >= 11 is 0. The standard InChI is InChI=1S/C20H22N4O6/c1-13(2)22-20(27)23-18(25)12-30-19(26)16-10-15(24(28)29)8-9-17(16)21-11-14-6-4-3-5-7-14/h3-10,13,21H,11-12H2,1-2H3,(H2,22,23,25,27). The molecule has 158 valence electrons. The zero-order valence-corrected chi connectivity index (χ0v) is 16.5. The Morgan fingerprint density at radius 1 is 1.10 bits per heavy atom. The van der Waals surface area contributed by atoms with Crippen LogP contribution >= 0.6 is 0 Å². The van der Waals surface area contributed by atoms with Crippen LogP contribution in [-0.4, -0.2) is 35.5 Å². The lowest BCUT2D eigenvalue weighted by Crippen LogP contribution is -2.44. The van der Waals surface area contributed by atoms with Crippen molar-refractivity contribution in [1.29, 1.82) is 0 Å². The van der Waals surface area contributed by atoms with Crippen LogP contribution < -0.4 is 16.0 Å². The number of carbonyl (C=O) groups is 3. The third-order valence-corrected chi connectivity index (χ3v) is 3.77. The van der Waals surface area contributed by atoms with E-state index in [4.69, 9.17) is 4.74 Å². The first-order chi connectivity index (χ1) is 14.3. The van der Waals surface area contributed by atoms with Crippen LogP contribution in [0.5, 0.6) is 0 Å². The number of amides is 3. The van der Waals surface area contributed by atoms with E-state index in [9.17, 15) is 24.5 Å². The Bertz CT molecular complexity index is 930. The highest BCUT2D eigenvalue weighted by Crippen LogP contribution is 2.23. The van der Waals surface area contributed by atoms with Crippen LogP contribution in [0, 0.1) is 10.1 Å². The Kier molecular flexibility index (Phi) is 7.86. The molecule has 0 spiro atoms. The molecule has 30 heavy (non-hydrogen) atoms. The van der Waals surface area contributed by atoms with E-state index in [0.29, 0.717) is 12.2 Å². The summed E-state index contributed by atoms with van der Waals surface area (Å²) in [4.78, 5) is 46.2. The highest BCUT2D eigenvalue weighted by atomic mass is 16.6. The second-order valence-corrected chi connectivity index (χ2v) is 6.58. The van der Waals surface area contributed by atoms with E-state index < -0.39 is 29.4 Å². The smallest absolute Gasteiger partial charge is 0.341 e. The predicted octanol–water partition coefficient (Wildman–Crippen LogP) is 2.60. The zero-order valence-electron chi connectivity index (χ0n) is 16.5. The summed E-state index contributed by atoms with van der Waals surface area (Å²) < 4.78 is 4.93. The van der Waals surface area contributed by atoms with Gasteiger partial charge in [-0.25, -0.2) is 9.59 Å². The van der Waals surface area contributed by atoms with Crippen LogP contribution in [0.3, 0.4) is 0 Å². The molecule has 0 aliphatic rings. The number of hydrogen-bond acceptors (Lipinski definition) is 7. The highest BCUT2D eigenvalue weighted by Gasteiger charge is 2.19.